The van der Waals surface area contributed by atoms with E-state index in [2.05, 4.69) is 46.4 Å². The molecule has 1 aromatic rings. The monoisotopic (exact) mass is 287 g/mol. The zero-order valence-electron chi connectivity index (χ0n) is 13.4. The average molecular weight is 287 g/mol. The Kier molecular flexibility index (Phi) is 5.15. The largest absolute Gasteiger partial charge is 0.372 e. The molecule has 0 radical (unpaired) electrons. The number of nitrogens with one attached hydrogen (secondary N) is 1. The van der Waals surface area contributed by atoms with Crippen LogP contribution in [0.5, 0.6) is 0 Å². The number of nitrogens with zero attached hydrogens (tertiary/aromatic N) is 2. The maximum atomic E-state index is 3.41. The third kappa shape index (κ3) is 3.98. The van der Waals surface area contributed by atoms with Crippen molar-refractivity contribution in [3.8, 4) is 0 Å². The molecule has 1 saturated carbocycles. The maximum Gasteiger partial charge on any atom is 0.0366 e. The van der Waals surface area contributed by atoms with Crippen molar-refractivity contribution in [1.29, 1.82) is 0 Å². The molecule has 3 nitrogen and oxygen atoms in total. The van der Waals surface area contributed by atoms with E-state index in [1.807, 2.05) is 0 Å². The summed E-state index contributed by atoms with van der Waals surface area (Å²) in [4.78, 5) is 5.03. The van der Waals surface area contributed by atoms with Crippen molar-refractivity contribution in [2.75, 3.05) is 38.1 Å². The van der Waals surface area contributed by atoms with E-state index in [0.29, 0.717) is 0 Å². The van der Waals surface area contributed by atoms with Gasteiger partial charge in [-0.25, -0.2) is 0 Å². The Morgan fingerprint density at radius 2 is 1.71 bits per heavy atom. The van der Waals surface area contributed by atoms with Crippen molar-refractivity contribution in [2.45, 2.75) is 44.7 Å². The third-order valence-corrected chi connectivity index (χ3v) is 5.08. The quantitative estimate of drug-likeness (QED) is 0.918. The summed E-state index contributed by atoms with van der Waals surface area (Å²) in [6.07, 6.45) is 6.94. The van der Waals surface area contributed by atoms with E-state index in [1.54, 1.807) is 0 Å². The summed E-state index contributed by atoms with van der Waals surface area (Å²) in [6.45, 7) is 5.69. The Bertz CT molecular complexity index is 417. The molecule has 1 aliphatic carbocycles. The average Bonchev–Trinajstić information content (AvgIpc) is 2.57. The van der Waals surface area contributed by atoms with Gasteiger partial charge < -0.3 is 10.2 Å². The maximum absolute atomic E-state index is 3.41. The summed E-state index contributed by atoms with van der Waals surface area (Å²) >= 11 is 0. The fraction of sp³-hybridized carbons (Fsp3) is 0.667. The van der Waals surface area contributed by atoms with Crippen LogP contribution in [0.1, 0.15) is 37.7 Å². The highest BCUT2D eigenvalue weighted by atomic mass is 15.2. The van der Waals surface area contributed by atoms with Crippen LogP contribution < -0.4 is 10.2 Å². The lowest BCUT2D eigenvalue weighted by Crippen LogP contribution is -2.42. The van der Waals surface area contributed by atoms with Crippen LogP contribution in [0.3, 0.4) is 0 Å². The Labute approximate surface area is 129 Å². The van der Waals surface area contributed by atoms with Crippen LogP contribution in [-0.2, 0) is 6.54 Å². The Morgan fingerprint density at radius 1 is 1.05 bits per heavy atom. The summed E-state index contributed by atoms with van der Waals surface area (Å²) in [6, 6.07) is 10.0. The van der Waals surface area contributed by atoms with Crippen molar-refractivity contribution in [3.05, 3.63) is 29.8 Å². The smallest absolute Gasteiger partial charge is 0.0366 e. The van der Waals surface area contributed by atoms with Crippen molar-refractivity contribution < 1.29 is 0 Å². The van der Waals surface area contributed by atoms with Crippen molar-refractivity contribution in [3.63, 3.8) is 0 Å². The van der Waals surface area contributed by atoms with E-state index >= 15 is 0 Å². The van der Waals surface area contributed by atoms with Crippen LogP contribution in [0.4, 0.5) is 5.69 Å². The van der Waals surface area contributed by atoms with Crippen LogP contribution in [0.15, 0.2) is 24.3 Å². The zero-order chi connectivity index (χ0) is 14.5. The molecule has 3 heteroatoms. The number of piperazine rings is 1. The molecule has 1 N–H and O–H groups in total. The Hall–Kier alpha value is -1.06. The predicted molar refractivity (Wildman–Crippen MR) is 89.9 cm³/mol. The second kappa shape index (κ2) is 7.28. The molecule has 2 aliphatic rings. The lowest BCUT2D eigenvalue weighted by Gasteiger charge is -2.33. The first-order valence-electron chi connectivity index (χ1n) is 8.58. The molecule has 1 heterocycles. The number of benzene rings is 1. The summed E-state index contributed by atoms with van der Waals surface area (Å²) < 4.78 is 0. The zero-order valence-corrected chi connectivity index (χ0v) is 13.4. The second-order valence-electron chi connectivity index (χ2n) is 6.60. The van der Waals surface area contributed by atoms with Crippen LogP contribution >= 0.6 is 0 Å². The minimum absolute atomic E-state index is 0.748. The van der Waals surface area contributed by atoms with Crippen LogP contribution in [0, 0.1) is 0 Å². The molecule has 0 spiro atoms. The van der Waals surface area contributed by atoms with Gasteiger partial charge in [0.15, 0.2) is 0 Å². The van der Waals surface area contributed by atoms with Crippen LogP contribution in [0.2, 0.25) is 0 Å². The SMILES string of the molecule is CN(c1ccc(CN2CCNCC2)cc1)C1CCCCC1. The number of hydrogen-bond donors (Lipinski definition) is 1. The van der Waals surface area contributed by atoms with Gasteiger partial charge in [0.2, 0.25) is 0 Å². The highest BCUT2D eigenvalue weighted by Crippen LogP contribution is 2.26. The van der Waals surface area contributed by atoms with Gasteiger partial charge in [-0.15, -0.1) is 0 Å². The second-order valence-corrected chi connectivity index (χ2v) is 6.60. The Morgan fingerprint density at radius 3 is 2.38 bits per heavy atom. The van der Waals surface area contributed by atoms with E-state index in [0.717, 1.165) is 25.7 Å². The number of hydrogen-bond acceptors (Lipinski definition) is 3. The molecule has 21 heavy (non-hydrogen) atoms. The fourth-order valence-corrected chi connectivity index (χ4v) is 3.64. The molecule has 1 aromatic carbocycles. The fourth-order valence-electron chi connectivity index (χ4n) is 3.64. The van der Waals surface area contributed by atoms with Crippen molar-refractivity contribution >= 4 is 5.69 Å². The summed E-state index contributed by atoms with van der Waals surface area (Å²) in [5.74, 6) is 0. The highest BCUT2D eigenvalue weighted by molar-refractivity contribution is 5.47. The summed E-state index contributed by atoms with van der Waals surface area (Å²) in [7, 11) is 2.27. The lowest BCUT2D eigenvalue weighted by molar-refractivity contribution is 0.233. The molecule has 0 amide bonds. The van der Waals surface area contributed by atoms with Gasteiger partial charge in [0.1, 0.15) is 0 Å². The molecule has 0 aromatic heterocycles. The van der Waals surface area contributed by atoms with Gasteiger partial charge in [0.25, 0.3) is 0 Å². The molecule has 3 rings (SSSR count). The van der Waals surface area contributed by atoms with E-state index < -0.39 is 0 Å². The molecule has 0 unspecified atom stereocenters. The normalized spacial score (nSPS) is 21.4. The topological polar surface area (TPSA) is 18.5 Å². The highest BCUT2D eigenvalue weighted by Gasteiger charge is 2.18. The first kappa shape index (κ1) is 14.9. The summed E-state index contributed by atoms with van der Waals surface area (Å²) in [5, 5.41) is 3.41. The van der Waals surface area contributed by atoms with E-state index in [1.165, 1.54) is 56.4 Å². The minimum atomic E-state index is 0.748. The van der Waals surface area contributed by atoms with E-state index in [9.17, 15) is 0 Å². The van der Waals surface area contributed by atoms with Gasteiger partial charge in [-0.1, -0.05) is 31.4 Å². The third-order valence-electron chi connectivity index (χ3n) is 5.08. The lowest BCUT2D eigenvalue weighted by atomic mass is 9.94. The molecule has 1 saturated heterocycles. The van der Waals surface area contributed by atoms with Gasteiger partial charge in [-0.2, -0.15) is 0 Å². The summed E-state index contributed by atoms with van der Waals surface area (Å²) in [5.41, 5.74) is 2.82. The molecule has 0 atom stereocenters. The van der Waals surface area contributed by atoms with E-state index in [-0.39, 0.29) is 0 Å². The minimum Gasteiger partial charge on any atom is -0.372 e. The first-order chi connectivity index (χ1) is 10.3. The van der Waals surface area contributed by atoms with Gasteiger partial charge >= 0.3 is 0 Å². The van der Waals surface area contributed by atoms with Gasteiger partial charge in [-0.3, -0.25) is 4.90 Å². The molecular formula is C18H29N3. The van der Waals surface area contributed by atoms with Crippen molar-refractivity contribution in [1.82, 2.24) is 10.2 Å². The first-order valence-corrected chi connectivity index (χ1v) is 8.58. The van der Waals surface area contributed by atoms with Crippen LogP contribution in [0.25, 0.3) is 0 Å². The van der Waals surface area contributed by atoms with Crippen LogP contribution in [-0.4, -0.2) is 44.2 Å². The molecule has 116 valence electrons. The van der Waals surface area contributed by atoms with Gasteiger partial charge in [0.05, 0.1) is 0 Å². The van der Waals surface area contributed by atoms with Gasteiger partial charge in [0, 0.05) is 51.5 Å². The number of rotatable bonds is 4. The molecule has 0 bridgehead atoms. The standard InChI is InChI=1S/C18H29N3/c1-20(17-5-3-2-4-6-17)18-9-7-16(8-10-18)15-21-13-11-19-12-14-21/h7-10,17,19H,2-6,11-15H2,1H3. The molecule has 1 aliphatic heterocycles. The predicted octanol–water partition coefficient (Wildman–Crippen LogP) is 2.86. The molecular weight excluding hydrogens is 258 g/mol. The Balaban J connectivity index is 1.57. The number of anilines is 1. The van der Waals surface area contributed by atoms with Gasteiger partial charge in [-0.05, 0) is 30.5 Å². The van der Waals surface area contributed by atoms with E-state index in [4.69, 9.17) is 0 Å². The molecule has 2 fully saturated rings. The van der Waals surface area contributed by atoms with Crippen molar-refractivity contribution in [2.24, 2.45) is 0 Å².